The van der Waals surface area contributed by atoms with E-state index in [2.05, 4.69) is 19.1 Å². The van der Waals surface area contributed by atoms with E-state index in [9.17, 15) is 14.7 Å². The molecule has 3 atom stereocenters. The zero-order valence-corrected chi connectivity index (χ0v) is 15.6. The maximum atomic E-state index is 12.9. The van der Waals surface area contributed by atoms with Crippen LogP contribution in [0.2, 0.25) is 0 Å². The third kappa shape index (κ3) is 3.07. The fraction of sp³-hybridized carbons (Fsp3) is 0.364. The van der Waals surface area contributed by atoms with Gasteiger partial charge in [-0.2, -0.15) is 0 Å². The number of amides is 2. The molecule has 140 valence electrons. The summed E-state index contributed by atoms with van der Waals surface area (Å²) in [6.07, 6.45) is 0. The summed E-state index contributed by atoms with van der Waals surface area (Å²) in [6, 6.07) is 14.6. The van der Waals surface area contributed by atoms with Crippen molar-refractivity contribution in [1.29, 1.82) is 0 Å². The quantitative estimate of drug-likeness (QED) is 0.891. The van der Waals surface area contributed by atoms with Gasteiger partial charge in [-0.3, -0.25) is 9.59 Å². The number of aryl methyl sites for hydroxylation is 1. The largest absolute Gasteiger partial charge is 0.508 e. The van der Waals surface area contributed by atoms with Crippen molar-refractivity contribution < 1.29 is 14.7 Å². The highest BCUT2D eigenvalue weighted by Gasteiger charge is 2.49. The normalized spacial score (nSPS) is 24.1. The van der Waals surface area contributed by atoms with Gasteiger partial charge in [0.05, 0.1) is 6.04 Å². The zero-order valence-electron chi connectivity index (χ0n) is 15.6. The van der Waals surface area contributed by atoms with Gasteiger partial charge in [0.2, 0.25) is 5.91 Å². The molecule has 2 aromatic carbocycles. The lowest BCUT2D eigenvalue weighted by Gasteiger charge is -2.30. The van der Waals surface area contributed by atoms with E-state index >= 15 is 0 Å². The zero-order chi connectivity index (χ0) is 19.1. The number of phenolic OH excluding ortho intramolecular Hbond substituents is 1. The SMILES string of the molecule is CC(=O)N1C[C@H]2CN(C(=O)c3ccc(O)cc3)C[C@H]2[C@@H]1c1ccccc1C. The van der Waals surface area contributed by atoms with E-state index in [-0.39, 0.29) is 29.5 Å². The maximum absolute atomic E-state index is 12.9. The molecule has 0 aliphatic carbocycles. The van der Waals surface area contributed by atoms with E-state index in [1.54, 1.807) is 19.1 Å². The van der Waals surface area contributed by atoms with Gasteiger partial charge in [0.15, 0.2) is 0 Å². The van der Waals surface area contributed by atoms with E-state index < -0.39 is 0 Å². The van der Waals surface area contributed by atoms with Gasteiger partial charge < -0.3 is 14.9 Å². The molecule has 2 aliphatic rings. The number of rotatable bonds is 2. The van der Waals surface area contributed by atoms with E-state index in [0.717, 1.165) is 0 Å². The van der Waals surface area contributed by atoms with Gasteiger partial charge in [-0.05, 0) is 42.3 Å². The van der Waals surface area contributed by atoms with Crippen molar-refractivity contribution in [2.75, 3.05) is 19.6 Å². The van der Waals surface area contributed by atoms with Crippen LogP contribution in [0.25, 0.3) is 0 Å². The van der Waals surface area contributed by atoms with Crippen LogP contribution < -0.4 is 0 Å². The fourth-order valence-electron chi connectivity index (χ4n) is 4.64. The first-order chi connectivity index (χ1) is 13.0. The van der Waals surface area contributed by atoms with Gasteiger partial charge >= 0.3 is 0 Å². The van der Waals surface area contributed by atoms with Gasteiger partial charge in [0.25, 0.3) is 5.91 Å². The van der Waals surface area contributed by atoms with Crippen LogP contribution in [0.1, 0.15) is 34.5 Å². The Labute approximate surface area is 159 Å². The Bertz CT molecular complexity index is 877. The van der Waals surface area contributed by atoms with Gasteiger partial charge in [0, 0.05) is 44.0 Å². The van der Waals surface area contributed by atoms with E-state index in [0.29, 0.717) is 31.1 Å². The third-order valence-electron chi connectivity index (χ3n) is 5.98. The van der Waals surface area contributed by atoms with Crippen LogP contribution in [0.15, 0.2) is 48.5 Å². The molecule has 5 nitrogen and oxygen atoms in total. The van der Waals surface area contributed by atoms with Crippen molar-refractivity contribution >= 4 is 11.8 Å². The van der Waals surface area contributed by atoms with Crippen molar-refractivity contribution in [3.8, 4) is 5.75 Å². The second kappa shape index (κ2) is 6.72. The number of fused-ring (bicyclic) bond motifs is 1. The third-order valence-corrected chi connectivity index (χ3v) is 5.98. The smallest absolute Gasteiger partial charge is 0.253 e. The van der Waals surface area contributed by atoms with Crippen LogP contribution in [-0.4, -0.2) is 46.4 Å². The molecular formula is C22H24N2O3. The standard InChI is InChI=1S/C22H24N2O3/c1-14-5-3-4-6-19(14)21-20-13-23(11-17(20)12-24(21)15(2)25)22(27)16-7-9-18(26)10-8-16/h3-10,17,20-21,26H,11-13H2,1-2H3/t17-,20-,21+/m1/s1. The average molecular weight is 364 g/mol. The summed E-state index contributed by atoms with van der Waals surface area (Å²) in [6.45, 7) is 5.71. The highest BCUT2D eigenvalue weighted by atomic mass is 16.3. The second-order valence-corrected chi connectivity index (χ2v) is 7.65. The Morgan fingerprint density at radius 2 is 1.70 bits per heavy atom. The van der Waals surface area contributed by atoms with E-state index in [4.69, 9.17) is 0 Å². The number of aromatic hydroxyl groups is 1. The molecule has 0 bridgehead atoms. The highest BCUT2D eigenvalue weighted by Crippen LogP contribution is 2.46. The molecule has 2 saturated heterocycles. The number of hydrogen-bond acceptors (Lipinski definition) is 3. The fourth-order valence-corrected chi connectivity index (χ4v) is 4.64. The molecule has 0 spiro atoms. The van der Waals surface area contributed by atoms with Crippen LogP contribution in [0, 0.1) is 18.8 Å². The van der Waals surface area contributed by atoms with Gasteiger partial charge in [-0.15, -0.1) is 0 Å². The molecule has 0 aromatic heterocycles. The van der Waals surface area contributed by atoms with E-state index in [1.165, 1.54) is 23.3 Å². The minimum absolute atomic E-state index is 0.0118. The van der Waals surface area contributed by atoms with Crippen LogP contribution in [-0.2, 0) is 4.79 Å². The van der Waals surface area contributed by atoms with Crippen LogP contribution >= 0.6 is 0 Å². The van der Waals surface area contributed by atoms with Crippen molar-refractivity contribution in [3.63, 3.8) is 0 Å². The Balaban J connectivity index is 1.60. The highest BCUT2D eigenvalue weighted by molar-refractivity contribution is 5.94. The summed E-state index contributed by atoms with van der Waals surface area (Å²) in [5.41, 5.74) is 2.94. The summed E-state index contributed by atoms with van der Waals surface area (Å²) in [4.78, 5) is 29.0. The number of carbonyl (C=O) groups is 2. The van der Waals surface area contributed by atoms with Crippen molar-refractivity contribution in [1.82, 2.24) is 9.80 Å². The number of likely N-dealkylation sites (tertiary alicyclic amines) is 2. The molecule has 0 saturated carbocycles. The summed E-state index contributed by atoms with van der Waals surface area (Å²) in [7, 11) is 0. The first-order valence-electron chi connectivity index (χ1n) is 9.36. The van der Waals surface area contributed by atoms with Gasteiger partial charge in [0.1, 0.15) is 5.75 Å². The first-order valence-corrected chi connectivity index (χ1v) is 9.36. The summed E-state index contributed by atoms with van der Waals surface area (Å²) < 4.78 is 0. The Kier molecular flexibility index (Phi) is 4.38. The summed E-state index contributed by atoms with van der Waals surface area (Å²) >= 11 is 0. The predicted molar refractivity (Wildman–Crippen MR) is 102 cm³/mol. The molecule has 2 aliphatic heterocycles. The lowest BCUT2D eigenvalue weighted by molar-refractivity contribution is -0.130. The number of nitrogens with zero attached hydrogens (tertiary/aromatic N) is 2. The molecule has 0 radical (unpaired) electrons. The van der Waals surface area contributed by atoms with Gasteiger partial charge in [-0.25, -0.2) is 0 Å². The molecule has 2 amide bonds. The molecule has 2 heterocycles. The molecule has 1 N–H and O–H groups in total. The molecule has 0 unspecified atom stereocenters. The topological polar surface area (TPSA) is 60.9 Å². The Morgan fingerprint density at radius 3 is 2.37 bits per heavy atom. The molecule has 4 rings (SSSR count). The minimum atomic E-state index is -0.0118. The summed E-state index contributed by atoms with van der Waals surface area (Å²) in [5, 5.41) is 9.44. The lowest BCUT2D eigenvalue weighted by Crippen LogP contribution is -2.36. The van der Waals surface area contributed by atoms with Gasteiger partial charge in [-0.1, -0.05) is 24.3 Å². The Hall–Kier alpha value is -2.82. The lowest BCUT2D eigenvalue weighted by atomic mass is 9.87. The molecular weight excluding hydrogens is 340 g/mol. The molecule has 5 heteroatoms. The van der Waals surface area contributed by atoms with Crippen molar-refractivity contribution in [2.45, 2.75) is 19.9 Å². The molecule has 2 fully saturated rings. The second-order valence-electron chi connectivity index (χ2n) is 7.65. The van der Waals surface area contributed by atoms with Crippen LogP contribution in [0.3, 0.4) is 0 Å². The summed E-state index contributed by atoms with van der Waals surface area (Å²) in [5.74, 6) is 0.772. The number of phenols is 1. The van der Waals surface area contributed by atoms with Crippen LogP contribution in [0.5, 0.6) is 5.75 Å². The predicted octanol–water partition coefficient (Wildman–Crippen LogP) is 2.99. The number of benzene rings is 2. The monoisotopic (exact) mass is 364 g/mol. The molecule has 27 heavy (non-hydrogen) atoms. The average Bonchev–Trinajstić information content (AvgIpc) is 3.20. The number of hydrogen-bond donors (Lipinski definition) is 1. The molecule has 2 aromatic rings. The minimum Gasteiger partial charge on any atom is -0.508 e. The van der Waals surface area contributed by atoms with Crippen molar-refractivity contribution in [2.24, 2.45) is 11.8 Å². The Morgan fingerprint density at radius 1 is 1.00 bits per heavy atom. The number of carbonyl (C=O) groups excluding carboxylic acids is 2. The van der Waals surface area contributed by atoms with E-state index in [1.807, 2.05) is 21.9 Å². The maximum Gasteiger partial charge on any atom is 0.253 e. The van der Waals surface area contributed by atoms with Crippen molar-refractivity contribution in [3.05, 3.63) is 65.2 Å². The van der Waals surface area contributed by atoms with Crippen LogP contribution in [0.4, 0.5) is 0 Å². The first kappa shape index (κ1) is 17.6.